The maximum Gasteiger partial charge on any atom is 0.321 e. The summed E-state index contributed by atoms with van der Waals surface area (Å²) < 4.78 is 0. The van der Waals surface area contributed by atoms with Gasteiger partial charge < -0.3 is 10.8 Å². The van der Waals surface area contributed by atoms with E-state index in [0.717, 1.165) is 23.3 Å². The van der Waals surface area contributed by atoms with Gasteiger partial charge in [0.25, 0.3) is 0 Å². The Balaban J connectivity index is 2.32. The first kappa shape index (κ1) is 11.5. The van der Waals surface area contributed by atoms with Crippen LogP contribution in [0.4, 0.5) is 0 Å². The van der Waals surface area contributed by atoms with Crippen LogP contribution in [0.3, 0.4) is 0 Å². The number of hydrogen-bond acceptors (Lipinski definition) is 3. The van der Waals surface area contributed by atoms with Crippen molar-refractivity contribution < 1.29 is 9.90 Å². The molecule has 86 valence electrons. The van der Waals surface area contributed by atoms with E-state index < -0.39 is 12.0 Å². The Bertz CT molecular complexity index is 415. The van der Waals surface area contributed by atoms with Gasteiger partial charge in [0.05, 0.1) is 0 Å². The van der Waals surface area contributed by atoms with Crippen LogP contribution in [0.15, 0.2) is 29.2 Å². The van der Waals surface area contributed by atoms with E-state index in [1.165, 1.54) is 0 Å². The van der Waals surface area contributed by atoms with Gasteiger partial charge in [-0.1, -0.05) is 12.1 Å². The molecule has 0 saturated heterocycles. The van der Waals surface area contributed by atoms with Crippen LogP contribution in [0, 0.1) is 0 Å². The van der Waals surface area contributed by atoms with Crippen molar-refractivity contribution in [3.63, 3.8) is 0 Å². The van der Waals surface area contributed by atoms with E-state index in [1.54, 1.807) is 11.8 Å². The van der Waals surface area contributed by atoms with Gasteiger partial charge in [0.2, 0.25) is 0 Å². The predicted octanol–water partition coefficient (Wildman–Crippen LogP) is 1.85. The Hall–Kier alpha value is -1.00. The van der Waals surface area contributed by atoms with Crippen molar-refractivity contribution in [3.8, 4) is 0 Å². The standard InChI is InChI=1S/C12H15NO2S/c1-16-9-4-2-3-8(7-9)12(5-6-12)10(13)11(14)15/h2-4,7,10H,5-6,13H2,1H3,(H,14,15). The maximum atomic E-state index is 11.0. The van der Waals surface area contributed by atoms with Crippen LogP contribution in [0.2, 0.25) is 0 Å². The molecule has 3 N–H and O–H groups in total. The third-order valence-electron chi connectivity index (χ3n) is 3.29. The van der Waals surface area contributed by atoms with Gasteiger partial charge in [-0.2, -0.15) is 0 Å². The highest BCUT2D eigenvalue weighted by atomic mass is 32.2. The second-order valence-electron chi connectivity index (χ2n) is 4.20. The van der Waals surface area contributed by atoms with E-state index in [-0.39, 0.29) is 5.41 Å². The maximum absolute atomic E-state index is 11.0. The second-order valence-corrected chi connectivity index (χ2v) is 5.08. The Morgan fingerprint density at radius 3 is 2.75 bits per heavy atom. The number of thioether (sulfide) groups is 1. The molecule has 1 atom stereocenters. The Morgan fingerprint density at radius 1 is 1.56 bits per heavy atom. The SMILES string of the molecule is CSc1cccc(C2(C(N)C(=O)O)CC2)c1. The lowest BCUT2D eigenvalue weighted by Gasteiger charge is -2.20. The lowest BCUT2D eigenvalue weighted by Crippen LogP contribution is -2.41. The van der Waals surface area contributed by atoms with E-state index in [4.69, 9.17) is 10.8 Å². The molecule has 0 aromatic heterocycles. The second kappa shape index (κ2) is 4.11. The number of carbonyl (C=O) groups is 1. The summed E-state index contributed by atoms with van der Waals surface area (Å²) in [4.78, 5) is 12.1. The fourth-order valence-electron chi connectivity index (χ4n) is 2.08. The van der Waals surface area contributed by atoms with Crippen molar-refractivity contribution in [1.29, 1.82) is 0 Å². The predicted molar refractivity (Wildman–Crippen MR) is 64.7 cm³/mol. The van der Waals surface area contributed by atoms with Crippen LogP contribution in [0.25, 0.3) is 0 Å². The molecule has 0 radical (unpaired) electrons. The van der Waals surface area contributed by atoms with Crippen molar-refractivity contribution >= 4 is 17.7 Å². The molecule has 1 aromatic carbocycles. The zero-order chi connectivity index (χ0) is 11.8. The fraction of sp³-hybridized carbons (Fsp3) is 0.417. The first-order valence-corrected chi connectivity index (χ1v) is 6.45. The molecule has 16 heavy (non-hydrogen) atoms. The average molecular weight is 237 g/mol. The minimum atomic E-state index is -0.910. The largest absolute Gasteiger partial charge is 0.480 e. The number of aliphatic carboxylic acids is 1. The summed E-state index contributed by atoms with van der Waals surface area (Å²) in [6, 6.07) is 7.24. The zero-order valence-electron chi connectivity index (χ0n) is 9.14. The van der Waals surface area contributed by atoms with Gasteiger partial charge in [-0.25, -0.2) is 0 Å². The minimum Gasteiger partial charge on any atom is -0.480 e. The number of nitrogens with two attached hydrogens (primary N) is 1. The number of carboxylic acid groups (broad SMARTS) is 1. The molecule has 0 aliphatic heterocycles. The van der Waals surface area contributed by atoms with Crippen LogP contribution >= 0.6 is 11.8 Å². The van der Waals surface area contributed by atoms with E-state index in [0.29, 0.717) is 0 Å². The van der Waals surface area contributed by atoms with Gasteiger partial charge in [0, 0.05) is 10.3 Å². The Kier molecular flexibility index (Phi) is 2.95. The number of carboxylic acids is 1. The molecule has 0 spiro atoms. The van der Waals surface area contributed by atoms with Gasteiger partial charge in [-0.15, -0.1) is 11.8 Å². The van der Waals surface area contributed by atoms with Crippen molar-refractivity contribution in [3.05, 3.63) is 29.8 Å². The molecule has 1 fully saturated rings. The highest BCUT2D eigenvalue weighted by molar-refractivity contribution is 7.98. The van der Waals surface area contributed by atoms with Gasteiger partial charge >= 0.3 is 5.97 Å². The van der Waals surface area contributed by atoms with Crippen molar-refractivity contribution in [1.82, 2.24) is 0 Å². The summed E-state index contributed by atoms with van der Waals surface area (Å²) in [5, 5.41) is 9.02. The van der Waals surface area contributed by atoms with Crippen LogP contribution in [0.1, 0.15) is 18.4 Å². The first-order valence-electron chi connectivity index (χ1n) is 5.23. The molecule has 1 aromatic rings. The van der Waals surface area contributed by atoms with Gasteiger partial charge in [-0.3, -0.25) is 4.79 Å². The quantitative estimate of drug-likeness (QED) is 0.784. The molecule has 1 unspecified atom stereocenters. The summed E-state index contributed by atoms with van der Waals surface area (Å²) >= 11 is 1.66. The Morgan fingerprint density at radius 2 is 2.25 bits per heavy atom. The highest BCUT2D eigenvalue weighted by Gasteiger charge is 2.52. The normalized spacial score (nSPS) is 19.1. The molecule has 1 aliphatic rings. The molecule has 0 amide bonds. The van der Waals surface area contributed by atoms with Gasteiger partial charge in [0.1, 0.15) is 6.04 Å². The highest BCUT2D eigenvalue weighted by Crippen LogP contribution is 2.50. The van der Waals surface area contributed by atoms with E-state index in [9.17, 15) is 4.79 Å². The lowest BCUT2D eigenvalue weighted by molar-refractivity contribution is -0.139. The van der Waals surface area contributed by atoms with Gasteiger partial charge in [-0.05, 0) is 36.8 Å². The summed E-state index contributed by atoms with van der Waals surface area (Å²) in [6.07, 6.45) is 3.76. The lowest BCUT2D eigenvalue weighted by atomic mass is 9.88. The third kappa shape index (κ3) is 1.83. The molecule has 3 nitrogen and oxygen atoms in total. The fourth-order valence-corrected chi connectivity index (χ4v) is 2.54. The molecular weight excluding hydrogens is 222 g/mol. The first-order chi connectivity index (χ1) is 7.60. The zero-order valence-corrected chi connectivity index (χ0v) is 9.96. The van der Waals surface area contributed by atoms with E-state index >= 15 is 0 Å². The smallest absolute Gasteiger partial charge is 0.321 e. The van der Waals surface area contributed by atoms with Crippen LogP contribution < -0.4 is 5.73 Å². The Labute approximate surface area is 99.0 Å². The van der Waals surface area contributed by atoms with Gasteiger partial charge in [0.15, 0.2) is 0 Å². The summed E-state index contributed by atoms with van der Waals surface area (Å²) in [5.74, 6) is -0.910. The molecule has 1 saturated carbocycles. The number of rotatable bonds is 4. The number of hydrogen-bond donors (Lipinski definition) is 2. The molecule has 1 aliphatic carbocycles. The van der Waals surface area contributed by atoms with Crippen molar-refractivity contribution in [2.24, 2.45) is 5.73 Å². The molecule has 0 heterocycles. The van der Waals surface area contributed by atoms with E-state index in [1.807, 2.05) is 24.5 Å². The summed E-state index contributed by atoms with van der Waals surface area (Å²) in [6.45, 7) is 0. The molecule has 0 bridgehead atoms. The van der Waals surface area contributed by atoms with Crippen LogP contribution in [-0.2, 0) is 10.2 Å². The molecule has 4 heteroatoms. The third-order valence-corrected chi connectivity index (χ3v) is 4.02. The van der Waals surface area contributed by atoms with Crippen LogP contribution in [0.5, 0.6) is 0 Å². The van der Waals surface area contributed by atoms with E-state index in [2.05, 4.69) is 6.07 Å². The molecular formula is C12H15NO2S. The average Bonchev–Trinajstić information content (AvgIpc) is 3.09. The minimum absolute atomic E-state index is 0.322. The number of benzene rings is 1. The molecule has 2 rings (SSSR count). The van der Waals surface area contributed by atoms with Crippen LogP contribution in [-0.4, -0.2) is 23.4 Å². The van der Waals surface area contributed by atoms with Crippen molar-refractivity contribution in [2.45, 2.75) is 29.2 Å². The summed E-state index contributed by atoms with van der Waals surface area (Å²) in [7, 11) is 0. The monoisotopic (exact) mass is 237 g/mol. The van der Waals surface area contributed by atoms with Crippen molar-refractivity contribution in [2.75, 3.05) is 6.26 Å². The summed E-state index contributed by atoms with van der Waals surface area (Å²) in [5.41, 5.74) is 6.52. The topological polar surface area (TPSA) is 63.3 Å².